The monoisotopic (exact) mass is 321 g/mol. The summed E-state index contributed by atoms with van der Waals surface area (Å²) in [5, 5.41) is 2.56. The van der Waals surface area contributed by atoms with Gasteiger partial charge in [-0.15, -0.1) is 0 Å². The zero-order chi connectivity index (χ0) is 16.7. The van der Waals surface area contributed by atoms with Gasteiger partial charge in [-0.2, -0.15) is 13.2 Å². The number of carbonyl (C=O) groups is 1. The maximum atomic E-state index is 12.8. The highest BCUT2D eigenvalue weighted by Gasteiger charge is 2.35. The van der Waals surface area contributed by atoms with E-state index in [1.807, 2.05) is 30.3 Å². The summed E-state index contributed by atoms with van der Waals surface area (Å²) in [7, 11) is 0. The van der Waals surface area contributed by atoms with Crippen LogP contribution in [0.15, 0.2) is 60.7 Å². The third-order valence-corrected chi connectivity index (χ3v) is 3.51. The molecule has 0 fully saturated rings. The lowest BCUT2D eigenvalue weighted by Gasteiger charge is -2.18. The molecule has 0 spiro atoms. The highest BCUT2D eigenvalue weighted by molar-refractivity contribution is 5.92. The van der Waals surface area contributed by atoms with Crippen LogP contribution in [0.2, 0.25) is 0 Å². The van der Waals surface area contributed by atoms with E-state index in [9.17, 15) is 18.0 Å². The van der Waals surface area contributed by atoms with Crippen LogP contribution >= 0.6 is 0 Å². The first-order chi connectivity index (χ1) is 10.9. The number of nitrogens with one attached hydrogen (secondary N) is 1. The van der Waals surface area contributed by atoms with Crippen LogP contribution in [0.3, 0.4) is 0 Å². The number of para-hydroxylation sites is 1. The van der Waals surface area contributed by atoms with E-state index in [1.165, 1.54) is 0 Å². The minimum absolute atomic E-state index is 0.155. The molecule has 1 atom stereocenters. The number of rotatable bonds is 6. The number of alkyl halides is 3. The summed E-state index contributed by atoms with van der Waals surface area (Å²) in [5.74, 6) is -1.69. The lowest BCUT2D eigenvalue weighted by atomic mass is 9.95. The molecule has 0 aliphatic heterocycles. The van der Waals surface area contributed by atoms with Gasteiger partial charge >= 0.3 is 6.18 Å². The van der Waals surface area contributed by atoms with Crippen molar-refractivity contribution in [2.45, 2.75) is 25.4 Å². The van der Waals surface area contributed by atoms with Crippen LogP contribution in [0.25, 0.3) is 0 Å². The van der Waals surface area contributed by atoms with E-state index in [0.29, 0.717) is 12.1 Å². The molecule has 0 bridgehead atoms. The molecule has 0 saturated heterocycles. The van der Waals surface area contributed by atoms with E-state index < -0.39 is 24.4 Å². The first kappa shape index (κ1) is 17.1. The summed E-state index contributed by atoms with van der Waals surface area (Å²) in [6, 6.07) is 17.7. The fourth-order valence-electron chi connectivity index (χ4n) is 2.36. The Labute approximate surface area is 133 Å². The molecule has 0 aliphatic rings. The summed E-state index contributed by atoms with van der Waals surface area (Å²) in [4.78, 5) is 12.2. The van der Waals surface area contributed by atoms with Crippen molar-refractivity contribution in [2.75, 3.05) is 5.32 Å². The molecular weight excluding hydrogens is 303 g/mol. The number of anilines is 1. The second-order valence-corrected chi connectivity index (χ2v) is 5.40. The van der Waals surface area contributed by atoms with Gasteiger partial charge in [0.2, 0.25) is 5.91 Å². The van der Waals surface area contributed by atoms with Crippen LogP contribution < -0.4 is 5.32 Å². The maximum absolute atomic E-state index is 12.8. The zero-order valence-electron chi connectivity index (χ0n) is 12.5. The van der Waals surface area contributed by atoms with Gasteiger partial charge in [-0.3, -0.25) is 4.79 Å². The molecule has 23 heavy (non-hydrogen) atoms. The van der Waals surface area contributed by atoms with Gasteiger partial charge < -0.3 is 5.32 Å². The van der Waals surface area contributed by atoms with Crippen LogP contribution in [0, 0.1) is 5.92 Å². The van der Waals surface area contributed by atoms with Gasteiger partial charge in [0.25, 0.3) is 0 Å². The Morgan fingerprint density at radius 1 is 0.957 bits per heavy atom. The molecule has 2 rings (SSSR count). The van der Waals surface area contributed by atoms with Crippen LogP contribution in [-0.4, -0.2) is 12.1 Å². The SMILES string of the molecule is O=C(Nc1ccccc1)C(CCc1ccccc1)CC(F)(F)F. The lowest BCUT2D eigenvalue weighted by molar-refractivity contribution is -0.152. The molecule has 5 heteroatoms. The second-order valence-electron chi connectivity index (χ2n) is 5.40. The van der Waals surface area contributed by atoms with E-state index in [2.05, 4.69) is 5.32 Å². The first-order valence-electron chi connectivity index (χ1n) is 7.40. The van der Waals surface area contributed by atoms with Gasteiger partial charge in [0, 0.05) is 11.6 Å². The van der Waals surface area contributed by atoms with Crippen molar-refractivity contribution in [3.8, 4) is 0 Å². The van der Waals surface area contributed by atoms with Gasteiger partial charge in [-0.05, 0) is 30.5 Å². The number of aryl methyl sites for hydroxylation is 1. The third kappa shape index (κ3) is 6.14. The van der Waals surface area contributed by atoms with Crippen molar-refractivity contribution in [3.05, 3.63) is 66.2 Å². The van der Waals surface area contributed by atoms with E-state index in [1.54, 1.807) is 30.3 Å². The lowest BCUT2D eigenvalue weighted by Crippen LogP contribution is -2.28. The average molecular weight is 321 g/mol. The molecule has 122 valence electrons. The largest absolute Gasteiger partial charge is 0.389 e. The average Bonchev–Trinajstić information content (AvgIpc) is 2.52. The van der Waals surface area contributed by atoms with Gasteiger partial charge in [0.1, 0.15) is 0 Å². The van der Waals surface area contributed by atoms with Crippen molar-refractivity contribution >= 4 is 11.6 Å². The Kier molecular flexibility index (Phi) is 5.79. The Bertz CT molecular complexity index is 611. The van der Waals surface area contributed by atoms with E-state index >= 15 is 0 Å². The molecule has 1 unspecified atom stereocenters. The summed E-state index contributed by atoms with van der Waals surface area (Å²) in [6.45, 7) is 0. The van der Waals surface area contributed by atoms with Crippen LogP contribution in [0.1, 0.15) is 18.4 Å². The smallest absolute Gasteiger partial charge is 0.326 e. The number of hydrogen-bond donors (Lipinski definition) is 1. The fourth-order valence-corrected chi connectivity index (χ4v) is 2.36. The topological polar surface area (TPSA) is 29.1 Å². The minimum atomic E-state index is -4.37. The van der Waals surface area contributed by atoms with E-state index in [0.717, 1.165) is 5.56 Å². The zero-order valence-corrected chi connectivity index (χ0v) is 12.5. The normalized spacial score (nSPS) is 12.7. The van der Waals surface area contributed by atoms with Crippen LogP contribution in [0.5, 0.6) is 0 Å². The number of benzene rings is 2. The Hall–Kier alpha value is -2.30. The Morgan fingerprint density at radius 2 is 1.52 bits per heavy atom. The third-order valence-electron chi connectivity index (χ3n) is 3.51. The molecule has 0 heterocycles. The summed E-state index contributed by atoms with van der Waals surface area (Å²) in [5.41, 5.74) is 1.43. The van der Waals surface area contributed by atoms with Gasteiger partial charge in [0.15, 0.2) is 0 Å². The second kappa shape index (κ2) is 7.81. The molecule has 2 aromatic carbocycles. The van der Waals surface area contributed by atoms with Crippen molar-refractivity contribution in [1.29, 1.82) is 0 Å². The molecule has 1 amide bonds. The molecule has 1 N–H and O–H groups in total. The quantitative estimate of drug-likeness (QED) is 0.811. The van der Waals surface area contributed by atoms with Crippen molar-refractivity contribution in [3.63, 3.8) is 0 Å². The Morgan fingerprint density at radius 3 is 2.09 bits per heavy atom. The highest BCUT2D eigenvalue weighted by Crippen LogP contribution is 2.28. The highest BCUT2D eigenvalue weighted by atomic mass is 19.4. The van der Waals surface area contributed by atoms with Crippen molar-refractivity contribution < 1.29 is 18.0 Å². The molecule has 0 radical (unpaired) electrons. The summed E-state index contributed by atoms with van der Waals surface area (Å²) < 4.78 is 38.3. The number of halogens is 3. The number of amides is 1. The predicted molar refractivity (Wildman–Crippen MR) is 84.0 cm³/mol. The minimum Gasteiger partial charge on any atom is -0.326 e. The van der Waals surface area contributed by atoms with E-state index in [4.69, 9.17) is 0 Å². The molecule has 0 saturated carbocycles. The van der Waals surface area contributed by atoms with Crippen molar-refractivity contribution in [2.24, 2.45) is 5.92 Å². The molecule has 2 nitrogen and oxygen atoms in total. The molecule has 0 aliphatic carbocycles. The fraction of sp³-hybridized carbons (Fsp3) is 0.278. The Balaban J connectivity index is 2.02. The summed E-state index contributed by atoms with van der Waals surface area (Å²) in [6.07, 6.45) is -4.89. The van der Waals surface area contributed by atoms with Gasteiger partial charge in [-0.25, -0.2) is 0 Å². The van der Waals surface area contributed by atoms with Crippen molar-refractivity contribution in [1.82, 2.24) is 0 Å². The van der Waals surface area contributed by atoms with Gasteiger partial charge in [0.05, 0.1) is 6.42 Å². The van der Waals surface area contributed by atoms with E-state index in [-0.39, 0.29) is 6.42 Å². The number of hydrogen-bond acceptors (Lipinski definition) is 1. The number of carbonyl (C=O) groups excluding carboxylic acids is 1. The molecular formula is C18H18F3NO. The van der Waals surface area contributed by atoms with Crippen LogP contribution in [-0.2, 0) is 11.2 Å². The molecule has 0 aromatic heterocycles. The van der Waals surface area contributed by atoms with Crippen LogP contribution in [0.4, 0.5) is 18.9 Å². The standard InChI is InChI=1S/C18H18F3NO/c19-18(20,21)13-15(12-11-14-7-3-1-4-8-14)17(23)22-16-9-5-2-6-10-16/h1-10,15H,11-13H2,(H,22,23). The summed E-state index contributed by atoms with van der Waals surface area (Å²) >= 11 is 0. The molecule has 2 aromatic rings. The predicted octanol–water partition coefficient (Wildman–Crippen LogP) is 4.83. The first-order valence-corrected chi connectivity index (χ1v) is 7.40. The van der Waals surface area contributed by atoms with Gasteiger partial charge in [-0.1, -0.05) is 48.5 Å². The maximum Gasteiger partial charge on any atom is 0.389 e.